The molecule has 1 heterocycles. The van der Waals surface area contributed by atoms with Gasteiger partial charge in [0.2, 0.25) is 0 Å². The third kappa shape index (κ3) is 5.56. The molecule has 1 atom stereocenters. The SMILES string of the molecule is CCCCCCc1ccc(C(=O)N2CCS[C@@H]2c2ccc(C(F)(F)F)cc2)cc1. The van der Waals surface area contributed by atoms with Crippen LogP contribution in [0.25, 0.3) is 0 Å². The zero-order valence-corrected chi connectivity index (χ0v) is 17.4. The average molecular weight is 422 g/mol. The number of benzene rings is 2. The van der Waals surface area contributed by atoms with E-state index in [-0.39, 0.29) is 11.3 Å². The highest BCUT2D eigenvalue weighted by Gasteiger charge is 2.33. The molecule has 0 aliphatic carbocycles. The van der Waals surface area contributed by atoms with Gasteiger partial charge in [-0.05, 0) is 48.2 Å². The summed E-state index contributed by atoms with van der Waals surface area (Å²) in [6.07, 6.45) is 1.49. The van der Waals surface area contributed by atoms with Crippen LogP contribution in [-0.2, 0) is 12.6 Å². The second-order valence-corrected chi connectivity index (χ2v) is 8.54. The van der Waals surface area contributed by atoms with Crippen LogP contribution in [0.5, 0.6) is 0 Å². The molecular weight excluding hydrogens is 395 g/mol. The normalized spacial score (nSPS) is 17.0. The van der Waals surface area contributed by atoms with E-state index in [4.69, 9.17) is 0 Å². The van der Waals surface area contributed by atoms with Gasteiger partial charge in [-0.1, -0.05) is 50.5 Å². The molecule has 0 bridgehead atoms. The highest BCUT2D eigenvalue weighted by atomic mass is 32.2. The predicted molar refractivity (Wildman–Crippen MR) is 112 cm³/mol. The number of nitrogens with zero attached hydrogens (tertiary/aromatic N) is 1. The zero-order chi connectivity index (χ0) is 20.9. The molecule has 0 saturated carbocycles. The van der Waals surface area contributed by atoms with Crippen LogP contribution in [0.4, 0.5) is 13.2 Å². The van der Waals surface area contributed by atoms with Crippen molar-refractivity contribution in [1.29, 1.82) is 0 Å². The van der Waals surface area contributed by atoms with E-state index < -0.39 is 11.7 Å². The van der Waals surface area contributed by atoms with Gasteiger partial charge in [-0.3, -0.25) is 4.79 Å². The fourth-order valence-electron chi connectivity index (χ4n) is 3.53. The Morgan fingerprint density at radius 2 is 1.72 bits per heavy atom. The summed E-state index contributed by atoms with van der Waals surface area (Å²) in [5.41, 5.74) is 1.91. The van der Waals surface area contributed by atoms with Gasteiger partial charge in [0.25, 0.3) is 5.91 Å². The van der Waals surface area contributed by atoms with Gasteiger partial charge in [0.1, 0.15) is 5.37 Å². The van der Waals surface area contributed by atoms with Crippen molar-refractivity contribution in [2.24, 2.45) is 0 Å². The van der Waals surface area contributed by atoms with Crippen LogP contribution in [0.3, 0.4) is 0 Å². The lowest BCUT2D eigenvalue weighted by atomic mass is 10.0. The minimum Gasteiger partial charge on any atom is -0.322 e. The molecule has 0 unspecified atom stereocenters. The Bertz CT molecular complexity index is 802. The zero-order valence-electron chi connectivity index (χ0n) is 16.5. The minimum atomic E-state index is -4.35. The number of carbonyl (C=O) groups excluding carboxylic acids is 1. The Morgan fingerprint density at radius 3 is 2.34 bits per heavy atom. The smallest absolute Gasteiger partial charge is 0.322 e. The average Bonchev–Trinajstić information content (AvgIpc) is 3.20. The molecule has 1 saturated heterocycles. The molecule has 2 nitrogen and oxygen atoms in total. The Kier molecular flexibility index (Phi) is 7.28. The Hall–Kier alpha value is -1.95. The van der Waals surface area contributed by atoms with Crippen molar-refractivity contribution < 1.29 is 18.0 Å². The number of carbonyl (C=O) groups is 1. The third-order valence-electron chi connectivity index (χ3n) is 5.19. The molecule has 1 fully saturated rings. The van der Waals surface area contributed by atoms with E-state index in [0.717, 1.165) is 36.3 Å². The number of rotatable bonds is 7. The molecule has 1 aliphatic heterocycles. The second kappa shape index (κ2) is 9.70. The summed E-state index contributed by atoms with van der Waals surface area (Å²) < 4.78 is 38.4. The van der Waals surface area contributed by atoms with E-state index in [1.54, 1.807) is 16.7 Å². The van der Waals surface area contributed by atoms with Gasteiger partial charge in [0, 0.05) is 17.9 Å². The lowest BCUT2D eigenvalue weighted by Gasteiger charge is -2.24. The maximum Gasteiger partial charge on any atom is 0.416 e. The molecule has 29 heavy (non-hydrogen) atoms. The van der Waals surface area contributed by atoms with Crippen molar-refractivity contribution in [3.63, 3.8) is 0 Å². The molecule has 0 aromatic heterocycles. The van der Waals surface area contributed by atoms with E-state index in [2.05, 4.69) is 6.92 Å². The van der Waals surface area contributed by atoms with Gasteiger partial charge in [0.05, 0.1) is 5.56 Å². The van der Waals surface area contributed by atoms with Crippen LogP contribution in [0.2, 0.25) is 0 Å². The van der Waals surface area contributed by atoms with Crippen molar-refractivity contribution >= 4 is 17.7 Å². The van der Waals surface area contributed by atoms with Crippen molar-refractivity contribution in [3.05, 3.63) is 70.8 Å². The fraction of sp³-hybridized carbons (Fsp3) is 0.435. The molecule has 1 aliphatic rings. The summed E-state index contributed by atoms with van der Waals surface area (Å²) in [4.78, 5) is 14.8. The van der Waals surface area contributed by atoms with Crippen LogP contribution in [0.1, 0.15) is 65.0 Å². The molecule has 156 valence electrons. The highest BCUT2D eigenvalue weighted by molar-refractivity contribution is 7.99. The number of hydrogen-bond donors (Lipinski definition) is 0. The summed E-state index contributed by atoms with van der Waals surface area (Å²) in [7, 11) is 0. The van der Waals surface area contributed by atoms with Crippen LogP contribution in [0, 0.1) is 0 Å². The van der Waals surface area contributed by atoms with Crippen LogP contribution >= 0.6 is 11.8 Å². The van der Waals surface area contributed by atoms with E-state index in [1.165, 1.54) is 37.0 Å². The largest absolute Gasteiger partial charge is 0.416 e. The maximum absolute atomic E-state index is 13.0. The molecule has 0 N–H and O–H groups in total. The van der Waals surface area contributed by atoms with E-state index in [1.807, 2.05) is 24.3 Å². The van der Waals surface area contributed by atoms with Gasteiger partial charge in [-0.25, -0.2) is 0 Å². The van der Waals surface area contributed by atoms with E-state index in [0.29, 0.717) is 12.1 Å². The maximum atomic E-state index is 13.0. The summed E-state index contributed by atoms with van der Waals surface area (Å²) >= 11 is 1.58. The summed E-state index contributed by atoms with van der Waals surface area (Å²) in [6, 6.07) is 12.9. The molecular formula is C23H26F3NOS. The molecule has 2 aromatic rings. The van der Waals surface area contributed by atoms with E-state index >= 15 is 0 Å². The van der Waals surface area contributed by atoms with E-state index in [9.17, 15) is 18.0 Å². The first kappa shape index (κ1) is 21.8. The Morgan fingerprint density at radius 1 is 1.03 bits per heavy atom. The first-order valence-corrected chi connectivity index (χ1v) is 11.1. The van der Waals surface area contributed by atoms with Gasteiger partial charge in [-0.2, -0.15) is 13.2 Å². The fourth-order valence-corrected chi connectivity index (χ4v) is 4.78. The van der Waals surface area contributed by atoms with Crippen LogP contribution < -0.4 is 0 Å². The first-order valence-electron chi connectivity index (χ1n) is 10.1. The number of thioether (sulfide) groups is 1. The summed E-state index contributed by atoms with van der Waals surface area (Å²) in [6.45, 7) is 2.78. The Balaban J connectivity index is 1.66. The molecule has 0 radical (unpaired) electrons. The Labute approximate surface area is 174 Å². The molecule has 3 rings (SSSR count). The molecule has 6 heteroatoms. The van der Waals surface area contributed by atoms with Crippen LogP contribution in [-0.4, -0.2) is 23.1 Å². The number of aryl methyl sites for hydroxylation is 1. The van der Waals surface area contributed by atoms with Crippen molar-refractivity contribution in [3.8, 4) is 0 Å². The number of unbranched alkanes of at least 4 members (excludes halogenated alkanes) is 3. The highest BCUT2D eigenvalue weighted by Crippen LogP contribution is 2.40. The number of hydrogen-bond acceptors (Lipinski definition) is 2. The van der Waals surface area contributed by atoms with Gasteiger partial charge < -0.3 is 4.90 Å². The van der Waals surface area contributed by atoms with Crippen molar-refractivity contribution in [2.75, 3.05) is 12.3 Å². The standard InChI is InChI=1S/C23H26F3NOS/c1-2-3-4-5-6-17-7-9-18(10-8-17)21(28)27-15-16-29-22(27)19-11-13-20(14-12-19)23(24,25)26/h7-14,22H,2-6,15-16H2,1H3/t22-/m1/s1. The second-order valence-electron chi connectivity index (χ2n) is 7.35. The monoisotopic (exact) mass is 421 g/mol. The number of alkyl halides is 3. The van der Waals surface area contributed by atoms with Gasteiger partial charge in [-0.15, -0.1) is 11.8 Å². The number of halogens is 3. The molecule has 2 aromatic carbocycles. The van der Waals surface area contributed by atoms with Crippen molar-refractivity contribution in [1.82, 2.24) is 4.90 Å². The summed E-state index contributed by atoms with van der Waals surface area (Å²) in [5, 5.41) is -0.251. The minimum absolute atomic E-state index is 0.0718. The topological polar surface area (TPSA) is 20.3 Å². The molecule has 0 spiro atoms. The van der Waals surface area contributed by atoms with Gasteiger partial charge >= 0.3 is 6.18 Å². The number of amides is 1. The van der Waals surface area contributed by atoms with Gasteiger partial charge in [0.15, 0.2) is 0 Å². The molecule has 1 amide bonds. The first-order chi connectivity index (χ1) is 13.9. The lowest BCUT2D eigenvalue weighted by molar-refractivity contribution is -0.137. The lowest BCUT2D eigenvalue weighted by Crippen LogP contribution is -2.30. The third-order valence-corrected chi connectivity index (χ3v) is 6.46. The van der Waals surface area contributed by atoms with Crippen molar-refractivity contribution in [2.45, 2.75) is 50.6 Å². The quantitative estimate of drug-likeness (QED) is 0.463. The summed E-state index contributed by atoms with van der Waals surface area (Å²) in [5.74, 6) is 0.699. The predicted octanol–water partition coefficient (Wildman–Crippen LogP) is 6.72. The van der Waals surface area contributed by atoms with Crippen LogP contribution in [0.15, 0.2) is 48.5 Å².